The van der Waals surface area contributed by atoms with Gasteiger partial charge in [-0.2, -0.15) is 0 Å². The van der Waals surface area contributed by atoms with E-state index < -0.39 is 0 Å². The molecule has 0 N–H and O–H groups in total. The maximum atomic E-state index is 3.93. The Morgan fingerprint density at radius 2 is 0.880 bits per heavy atom. The number of rotatable bonds is 2. The van der Waals surface area contributed by atoms with Crippen molar-refractivity contribution in [3.05, 3.63) is 80.3 Å². The predicted octanol–water partition coefficient (Wildman–Crippen LogP) is 7.63. The molecule has 3 rings (SSSR count). The van der Waals surface area contributed by atoms with E-state index in [2.05, 4.69) is 99.9 Å². The lowest BCUT2D eigenvalue weighted by Crippen LogP contribution is -1.95. The predicted molar refractivity (Wildman–Crippen MR) is 113 cm³/mol. The molecule has 0 nitrogen and oxygen atoms in total. The van der Waals surface area contributed by atoms with Crippen LogP contribution in [0.2, 0.25) is 0 Å². The van der Waals surface area contributed by atoms with Gasteiger partial charge in [0.15, 0.2) is 0 Å². The Bertz CT molecular complexity index is 842. The lowest BCUT2D eigenvalue weighted by atomic mass is 9.89. The molecule has 3 aromatic rings. The fourth-order valence-corrected chi connectivity index (χ4v) is 4.79. The molecule has 0 atom stereocenters. The summed E-state index contributed by atoms with van der Waals surface area (Å²) in [5, 5.41) is 0. The van der Waals surface area contributed by atoms with Crippen molar-refractivity contribution in [2.75, 3.05) is 0 Å². The molecule has 25 heavy (non-hydrogen) atoms. The summed E-state index contributed by atoms with van der Waals surface area (Å²) in [5.74, 6) is 0. The van der Waals surface area contributed by atoms with Crippen LogP contribution in [0, 0.1) is 41.5 Å². The molecule has 0 fully saturated rings. The monoisotopic (exact) mass is 392 g/mol. The molecule has 0 heterocycles. The highest BCUT2D eigenvalue weighted by Gasteiger charge is 2.16. The van der Waals surface area contributed by atoms with Crippen molar-refractivity contribution in [2.45, 2.75) is 41.5 Å². The van der Waals surface area contributed by atoms with Gasteiger partial charge in [0.25, 0.3) is 0 Å². The summed E-state index contributed by atoms with van der Waals surface area (Å²) < 4.78 is 1.18. The van der Waals surface area contributed by atoms with E-state index in [0.717, 1.165) is 0 Å². The van der Waals surface area contributed by atoms with Crippen LogP contribution in [-0.2, 0) is 0 Å². The summed E-state index contributed by atoms with van der Waals surface area (Å²) in [5.41, 5.74) is 13.1. The second kappa shape index (κ2) is 6.80. The quantitative estimate of drug-likeness (QED) is 0.420. The van der Waals surface area contributed by atoms with E-state index in [-0.39, 0.29) is 0 Å². The van der Waals surface area contributed by atoms with Crippen molar-refractivity contribution in [1.29, 1.82) is 0 Å². The Kier molecular flexibility index (Phi) is 4.88. The second-order valence-electron chi connectivity index (χ2n) is 7.21. The van der Waals surface area contributed by atoms with Crippen LogP contribution in [0.15, 0.2) is 46.9 Å². The third-order valence-electron chi connectivity index (χ3n) is 4.89. The first kappa shape index (κ1) is 17.9. The molecule has 0 aliphatic rings. The maximum absolute atomic E-state index is 3.93. The van der Waals surface area contributed by atoms with Gasteiger partial charge in [-0.1, -0.05) is 53.6 Å². The van der Waals surface area contributed by atoms with Crippen LogP contribution in [-0.4, -0.2) is 0 Å². The van der Waals surface area contributed by atoms with Crippen molar-refractivity contribution >= 4 is 15.9 Å². The molecule has 0 saturated heterocycles. The molecule has 0 aliphatic carbocycles. The van der Waals surface area contributed by atoms with Crippen LogP contribution in [0.1, 0.15) is 33.4 Å². The van der Waals surface area contributed by atoms with Gasteiger partial charge in [-0.3, -0.25) is 0 Å². The topological polar surface area (TPSA) is 0 Å². The average molecular weight is 393 g/mol. The first-order valence-corrected chi connectivity index (χ1v) is 9.54. The van der Waals surface area contributed by atoms with Gasteiger partial charge in [0.1, 0.15) is 0 Å². The summed E-state index contributed by atoms with van der Waals surface area (Å²) in [6.07, 6.45) is 0. The number of hydrogen-bond acceptors (Lipinski definition) is 0. The van der Waals surface area contributed by atoms with Gasteiger partial charge in [0, 0.05) is 4.47 Å². The van der Waals surface area contributed by atoms with Crippen LogP contribution in [0.3, 0.4) is 0 Å². The molecule has 1 heteroatoms. The summed E-state index contributed by atoms with van der Waals surface area (Å²) in [6.45, 7) is 13.1. The number of aryl methyl sites for hydroxylation is 6. The minimum atomic E-state index is 1.18. The van der Waals surface area contributed by atoms with E-state index in [1.54, 1.807) is 0 Å². The minimum absolute atomic E-state index is 1.18. The Balaban J connectivity index is 2.28. The molecule has 0 aliphatic heterocycles. The van der Waals surface area contributed by atoms with E-state index in [4.69, 9.17) is 0 Å². The first-order chi connectivity index (χ1) is 11.8. The van der Waals surface area contributed by atoms with Crippen LogP contribution in [0.25, 0.3) is 22.3 Å². The smallest absolute Gasteiger partial charge is 0.0332 e. The summed E-state index contributed by atoms with van der Waals surface area (Å²) >= 11 is 3.93. The highest BCUT2D eigenvalue weighted by molar-refractivity contribution is 9.10. The van der Waals surface area contributed by atoms with E-state index >= 15 is 0 Å². The molecule has 0 bridgehead atoms. The average Bonchev–Trinajstić information content (AvgIpc) is 2.48. The second-order valence-corrected chi connectivity index (χ2v) is 8.01. The third kappa shape index (κ3) is 3.30. The van der Waals surface area contributed by atoms with E-state index in [0.29, 0.717) is 0 Å². The van der Waals surface area contributed by atoms with Gasteiger partial charge in [0.05, 0.1) is 0 Å². The van der Waals surface area contributed by atoms with Gasteiger partial charge in [-0.15, -0.1) is 0 Å². The van der Waals surface area contributed by atoms with Gasteiger partial charge in [-0.25, -0.2) is 0 Å². The highest BCUT2D eigenvalue weighted by Crippen LogP contribution is 2.41. The zero-order valence-corrected chi connectivity index (χ0v) is 17.5. The summed E-state index contributed by atoms with van der Waals surface area (Å²) in [6, 6.07) is 15.7. The Hall–Kier alpha value is -1.86. The van der Waals surface area contributed by atoms with Crippen molar-refractivity contribution in [3.8, 4) is 22.3 Å². The lowest BCUT2D eigenvalue weighted by Gasteiger charge is -2.18. The van der Waals surface area contributed by atoms with Crippen molar-refractivity contribution in [2.24, 2.45) is 0 Å². The van der Waals surface area contributed by atoms with Crippen molar-refractivity contribution < 1.29 is 0 Å². The minimum Gasteiger partial charge on any atom is -0.0610 e. The van der Waals surface area contributed by atoms with Crippen LogP contribution >= 0.6 is 15.9 Å². The molecule has 3 aromatic carbocycles. The molecule has 0 aromatic heterocycles. The van der Waals surface area contributed by atoms with E-state index in [9.17, 15) is 0 Å². The van der Waals surface area contributed by atoms with Gasteiger partial charge in [0.2, 0.25) is 0 Å². The first-order valence-electron chi connectivity index (χ1n) is 8.74. The Labute approximate surface area is 160 Å². The van der Waals surface area contributed by atoms with Crippen molar-refractivity contribution in [3.63, 3.8) is 0 Å². The Morgan fingerprint density at radius 1 is 0.560 bits per heavy atom. The zero-order chi connectivity index (χ0) is 18.3. The van der Waals surface area contributed by atoms with Crippen LogP contribution in [0.5, 0.6) is 0 Å². The fourth-order valence-electron chi connectivity index (χ4n) is 4.13. The SMILES string of the molecule is Cc1cc(C)c(-c2cccc(-c3c(C)cc(C)cc3C)c2Br)c(C)c1. The lowest BCUT2D eigenvalue weighted by molar-refractivity contribution is 1.30. The van der Waals surface area contributed by atoms with Gasteiger partial charge < -0.3 is 0 Å². The van der Waals surface area contributed by atoms with Gasteiger partial charge in [-0.05, 0) is 102 Å². The highest BCUT2D eigenvalue weighted by atomic mass is 79.9. The molecule has 0 saturated carbocycles. The number of benzene rings is 3. The fraction of sp³-hybridized carbons (Fsp3) is 0.250. The number of halogens is 1. The molecule has 0 amide bonds. The standard InChI is InChI=1S/C24H25Br/c1-14-10-16(3)22(17(4)11-14)20-8-7-9-21(24(20)25)23-18(5)12-15(2)13-19(23)6/h7-13H,1-6H3. The summed E-state index contributed by atoms with van der Waals surface area (Å²) in [7, 11) is 0. The number of hydrogen-bond donors (Lipinski definition) is 0. The van der Waals surface area contributed by atoms with Crippen LogP contribution in [0.4, 0.5) is 0 Å². The summed E-state index contributed by atoms with van der Waals surface area (Å²) in [4.78, 5) is 0. The van der Waals surface area contributed by atoms with Crippen molar-refractivity contribution in [1.82, 2.24) is 0 Å². The maximum Gasteiger partial charge on any atom is 0.0332 e. The molecular formula is C24H25Br. The van der Waals surface area contributed by atoms with Crippen LogP contribution < -0.4 is 0 Å². The molecule has 128 valence electrons. The molecule has 0 unspecified atom stereocenters. The normalized spacial score (nSPS) is 11.0. The molecular weight excluding hydrogens is 368 g/mol. The molecule has 0 radical (unpaired) electrons. The molecule has 0 spiro atoms. The zero-order valence-electron chi connectivity index (χ0n) is 15.9. The third-order valence-corrected chi connectivity index (χ3v) is 5.75. The largest absolute Gasteiger partial charge is 0.0610 e. The van der Waals surface area contributed by atoms with Gasteiger partial charge >= 0.3 is 0 Å². The Morgan fingerprint density at radius 3 is 1.20 bits per heavy atom. The van der Waals surface area contributed by atoms with E-state index in [1.165, 1.54) is 60.1 Å². The van der Waals surface area contributed by atoms with E-state index in [1.807, 2.05) is 0 Å².